The normalized spacial score (nSPS) is 18.3. The molecule has 2 aromatic rings. The number of thiol groups is 1. The van der Waals surface area contributed by atoms with E-state index in [1.165, 1.54) is 17.2 Å². The Kier molecular flexibility index (Phi) is 6.30. The molecular weight excluding hydrogens is 456 g/mol. The van der Waals surface area contributed by atoms with Gasteiger partial charge >= 0.3 is 17.9 Å². The van der Waals surface area contributed by atoms with Crippen molar-refractivity contribution in [2.75, 3.05) is 49.1 Å². The Labute approximate surface area is 192 Å². The number of hydrogen-bond donors (Lipinski definition) is 2. The summed E-state index contributed by atoms with van der Waals surface area (Å²) in [6.07, 6.45) is 1.84. The average molecular weight is 476 g/mol. The molecule has 0 bridgehead atoms. The number of amides is 3. The van der Waals surface area contributed by atoms with Gasteiger partial charge in [-0.2, -0.15) is 0 Å². The summed E-state index contributed by atoms with van der Waals surface area (Å²) in [6, 6.07) is 4.28. The molecule has 1 unspecified atom stereocenters. The molecule has 1 N–H and O–H groups in total. The summed E-state index contributed by atoms with van der Waals surface area (Å²) in [7, 11) is 0. The Bertz CT molecular complexity index is 1070. The van der Waals surface area contributed by atoms with E-state index in [0.717, 1.165) is 4.68 Å². The van der Waals surface area contributed by atoms with Crippen LogP contribution in [0.25, 0.3) is 0 Å². The third kappa shape index (κ3) is 4.97. The van der Waals surface area contributed by atoms with E-state index in [-0.39, 0.29) is 18.9 Å². The summed E-state index contributed by atoms with van der Waals surface area (Å²) in [5, 5.41) is 16.4. The molecule has 0 saturated carbocycles. The topological polar surface area (TPSA) is 156 Å². The van der Waals surface area contributed by atoms with E-state index < -0.39 is 28.4 Å². The maximum Gasteiger partial charge on any atom is 0.414 e. The van der Waals surface area contributed by atoms with E-state index in [4.69, 9.17) is 4.74 Å². The predicted molar refractivity (Wildman–Crippen MR) is 118 cm³/mol. The molecule has 0 radical (unpaired) electrons. The molecular formula is C18H20N8O6S. The second-order valence-electron chi connectivity index (χ2n) is 7.31. The number of nitrogens with zero attached hydrogens (tertiary/aromatic N) is 7. The van der Waals surface area contributed by atoms with Crippen LogP contribution in [-0.4, -0.2) is 87.3 Å². The van der Waals surface area contributed by atoms with E-state index in [2.05, 4.69) is 28.0 Å². The molecule has 4 rings (SSSR count). The van der Waals surface area contributed by atoms with Crippen molar-refractivity contribution in [3.8, 4) is 0 Å². The van der Waals surface area contributed by atoms with Gasteiger partial charge < -0.3 is 30.0 Å². The lowest BCUT2D eigenvalue weighted by molar-refractivity contribution is -0.389. The number of ether oxygens (including phenoxy) is 1. The second kappa shape index (κ2) is 9.32. The van der Waals surface area contributed by atoms with Gasteiger partial charge in [0.15, 0.2) is 0 Å². The van der Waals surface area contributed by atoms with Gasteiger partial charge in [-0.3, -0.25) is 9.69 Å². The highest BCUT2D eigenvalue weighted by Crippen LogP contribution is 2.23. The van der Waals surface area contributed by atoms with Crippen molar-refractivity contribution >= 4 is 47.3 Å². The van der Waals surface area contributed by atoms with Crippen LogP contribution in [0.15, 0.2) is 30.6 Å². The Balaban J connectivity index is 1.32. The molecule has 33 heavy (non-hydrogen) atoms. The number of hydrogen-bond acceptors (Lipinski definition) is 9. The highest BCUT2D eigenvalue weighted by atomic mass is 32.1. The predicted octanol–water partition coefficient (Wildman–Crippen LogP) is 0.941. The van der Waals surface area contributed by atoms with Crippen molar-refractivity contribution in [3.05, 3.63) is 40.7 Å². The Hall–Kier alpha value is -3.88. The molecule has 2 aliphatic rings. The first-order chi connectivity index (χ1) is 15.8. The molecule has 3 amide bonds. The molecule has 1 atom stereocenters. The fourth-order valence-electron chi connectivity index (χ4n) is 3.55. The molecule has 2 fully saturated rings. The van der Waals surface area contributed by atoms with Gasteiger partial charge in [-0.05, 0) is 17.1 Å². The smallest absolute Gasteiger partial charge is 0.414 e. The molecule has 174 valence electrons. The quantitative estimate of drug-likeness (QED) is 0.364. The van der Waals surface area contributed by atoms with Crippen LogP contribution in [0.4, 0.5) is 31.7 Å². The summed E-state index contributed by atoms with van der Waals surface area (Å²) in [5.74, 6) is 0.304. The van der Waals surface area contributed by atoms with Gasteiger partial charge in [0.1, 0.15) is 11.9 Å². The van der Waals surface area contributed by atoms with Crippen molar-refractivity contribution in [1.82, 2.24) is 25.0 Å². The van der Waals surface area contributed by atoms with Crippen LogP contribution >= 0.6 is 12.6 Å². The number of piperazine rings is 1. The van der Waals surface area contributed by atoms with Crippen molar-refractivity contribution in [2.24, 2.45) is 0 Å². The van der Waals surface area contributed by atoms with Crippen molar-refractivity contribution in [2.45, 2.75) is 6.10 Å². The van der Waals surface area contributed by atoms with E-state index >= 15 is 0 Å². The van der Waals surface area contributed by atoms with Crippen LogP contribution < -0.4 is 15.1 Å². The third-order valence-corrected chi connectivity index (χ3v) is 5.39. The number of nitrogens with one attached hydrogen (secondary N) is 1. The third-order valence-electron chi connectivity index (χ3n) is 5.23. The lowest BCUT2D eigenvalue weighted by atomic mass is 10.3. The van der Waals surface area contributed by atoms with Crippen molar-refractivity contribution in [3.63, 3.8) is 0 Å². The minimum atomic E-state index is -0.654. The maximum atomic E-state index is 12.5. The minimum Gasteiger partial charge on any atom is -0.442 e. The highest BCUT2D eigenvalue weighted by molar-refractivity contribution is 7.96. The molecule has 0 spiro atoms. The van der Waals surface area contributed by atoms with Gasteiger partial charge in [0.2, 0.25) is 0 Å². The number of cyclic esters (lactones) is 1. The number of anilines is 2. The Morgan fingerprint density at radius 1 is 1.24 bits per heavy atom. The van der Waals surface area contributed by atoms with Gasteiger partial charge in [0, 0.05) is 26.2 Å². The van der Waals surface area contributed by atoms with Gasteiger partial charge in [0.05, 0.1) is 42.3 Å². The van der Waals surface area contributed by atoms with Crippen LogP contribution in [0, 0.1) is 10.1 Å². The molecule has 0 aromatic carbocycles. The maximum absolute atomic E-state index is 12.5. The van der Waals surface area contributed by atoms with Gasteiger partial charge in [-0.25, -0.2) is 14.6 Å². The monoisotopic (exact) mass is 476 g/mol. The first-order valence-electron chi connectivity index (χ1n) is 9.97. The lowest BCUT2D eigenvalue weighted by Gasteiger charge is -2.34. The number of carbonyl (C=O) groups is 3. The highest BCUT2D eigenvalue weighted by Gasteiger charge is 2.33. The number of aromatic nitrogens is 3. The van der Waals surface area contributed by atoms with Crippen LogP contribution in [0.5, 0.6) is 0 Å². The zero-order valence-electron chi connectivity index (χ0n) is 17.2. The Morgan fingerprint density at radius 3 is 2.61 bits per heavy atom. The first kappa shape index (κ1) is 22.3. The molecule has 2 saturated heterocycles. The lowest BCUT2D eigenvalue weighted by Crippen LogP contribution is -2.50. The minimum absolute atomic E-state index is 0.172. The van der Waals surface area contributed by atoms with E-state index in [9.17, 15) is 24.5 Å². The number of pyridine rings is 1. The summed E-state index contributed by atoms with van der Waals surface area (Å²) in [5.41, 5.74) is 0.567. The van der Waals surface area contributed by atoms with Crippen molar-refractivity contribution in [1.29, 1.82) is 0 Å². The standard InChI is InChI=1S/C18H20N8O6S/c27-16(33)20-10-13-11-24(18(29)32-13)12-1-2-14(19-9-12)22-5-7-23(8-6-22)17(28)25-4-3-15(21-25)26(30)31/h1-4,9,13H,5-8,10-11H2,(H2,20,27,33). The Morgan fingerprint density at radius 2 is 2.00 bits per heavy atom. The van der Waals surface area contributed by atoms with Crippen LogP contribution in [0.2, 0.25) is 0 Å². The molecule has 0 aliphatic carbocycles. The second-order valence-corrected chi connectivity index (χ2v) is 7.72. The summed E-state index contributed by atoms with van der Waals surface area (Å²) in [4.78, 5) is 55.1. The van der Waals surface area contributed by atoms with Crippen LogP contribution in [0.1, 0.15) is 0 Å². The van der Waals surface area contributed by atoms with E-state index in [1.807, 2.05) is 4.90 Å². The van der Waals surface area contributed by atoms with Crippen LogP contribution in [0.3, 0.4) is 0 Å². The molecule has 15 heteroatoms. The fraction of sp³-hybridized carbons (Fsp3) is 0.389. The van der Waals surface area contributed by atoms with Gasteiger partial charge in [-0.15, -0.1) is 0 Å². The van der Waals surface area contributed by atoms with Gasteiger partial charge in [-0.1, -0.05) is 17.3 Å². The number of nitro groups is 1. The molecule has 2 aromatic heterocycles. The summed E-state index contributed by atoms with van der Waals surface area (Å²) in [6.45, 7) is 2.27. The first-order valence-corrected chi connectivity index (χ1v) is 10.4. The van der Waals surface area contributed by atoms with Gasteiger partial charge in [0.25, 0.3) is 5.24 Å². The van der Waals surface area contributed by atoms with Crippen molar-refractivity contribution < 1.29 is 24.0 Å². The zero-order chi connectivity index (χ0) is 23.5. The number of rotatable bonds is 5. The van der Waals surface area contributed by atoms with Crippen LogP contribution in [-0.2, 0) is 4.74 Å². The molecule has 2 aliphatic heterocycles. The fourth-order valence-corrected chi connectivity index (χ4v) is 3.65. The number of carbonyl (C=O) groups excluding carboxylic acids is 3. The molecule has 4 heterocycles. The largest absolute Gasteiger partial charge is 0.442 e. The van der Waals surface area contributed by atoms with E-state index in [1.54, 1.807) is 23.2 Å². The SMILES string of the molecule is O=C(S)NCC1CN(c2ccc(N3CCN(C(=O)n4ccc([N+](=O)[O-])n4)CC3)nc2)C(=O)O1. The average Bonchev–Trinajstić information content (AvgIpc) is 3.45. The molecule has 14 nitrogen and oxygen atoms in total. The summed E-state index contributed by atoms with van der Waals surface area (Å²) >= 11 is 3.62. The zero-order valence-corrected chi connectivity index (χ0v) is 18.1. The summed E-state index contributed by atoms with van der Waals surface area (Å²) < 4.78 is 6.19. The van der Waals surface area contributed by atoms with E-state index in [0.29, 0.717) is 37.7 Å².